The Morgan fingerprint density at radius 3 is 2.00 bits per heavy atom. The van der Waals surface area contributed by atoms with Crippen molar-refractivity contribution in [3.63, 3.8) is 0 Å². The van der Waals surface area contributed by atoms with E-state index in [4.69, 9.17) is 19.7 Å². The molecular formula is C13H20O7. The van der Waals surface area contributed by atoms with E-state index in [1.165, 1.54) is 0 Å². The van der Waals surface area contributed by atoms with Crippen LogP contribution in [0.25, 0.3) is 0 Å². The van der Waals surface area contributed by atoms with Gasteiger partial charge in [-0.1, -0.05) is 6.92 Å². The Morgan fingerprint density at radius 2 is 1.55 bits per heavy atom. The summed E-state index contributed by atoms with van der Waals surface area (Å²) < 4.78 is 9.77. The van der Waals surface area contributed by atoms with Crippen molar-refractivity contribution in [2.24, 2.45) is 0 Å². The molecule has 0 aliphatic heterocycles. The van der Waals surface area contributed by atoms with E-state index in [0.717, 1.165) is 0 Å². The number of hydrogen-bond donors (Lipinski definition) is 2. The van der Waals surface area contributed by atoms with Gasteiger partial charge in [0.05, 0.1) is 30.8 Å². The minimum absolute atomic E-state index is 0.0775. The zero-order valence-electron chi connectivity index (χ0n) is 11.7. The number of hydrogen-bond acceptors (Lipinski definition) is 5. The molecule has 0 amide bonds. The first-order chi connectivity index (χ1) is 9.43. The molecule has 0 saturated carbocycles. The number of carboxylic acids is 2. The smallest absolute Gasteiger partial charge is 0.332 e. The van der Waals surface area contributed by atoms with Crippen molar-refractivity contribution in [3.05, 3.63) is 11.1 Å². The van der Waals surface area contributed by atoms with Crippen LogP contribution in [-0.2, 0) is 23.9 Å². The number of carbonyl (C=O) groups excluding carboxylic acids is 1. The van der Waals surface area contributed by atoms with Crippen LogP contribution in [0.5, 0.6) is 0 Å². The van der Waals surface area contributed by atoms with E-state index in [2.05, 4.69) is 0 Å². The molecule has 2 N–H and O–H groups in total. The molecule has 114 valence electrons. The van der Waals surface area contributed by atoms with Gasteiger partial charge >= 0.3 is 17.9 Å². The van der Waals surface area contributed by atoms with Gasteiger partial charge in [0.25, 0.3) is 0 Å². The molecular weight excluding hydrogens is 268 g/mol. The SMILES string of the molecule is CCCOC(=O)CC(C(=O)O)=C(CCOCC)C(=O)O. The van der Waals surface area contributed by atoms with Gasteiger partial charge in [-0.2, -0.15) is 0 Å². The summed E-state index contributed by atoms with van der Waals surface area (Å²) in [5, 5.41) is 18.1. The lowest BCUT2D eigenvalue weighted by atomic mass is 10.0. The van der Waals surface area contributed by atoms with Gasteiger partial charge in [0.15, 0.2) is 0 Å². The van der Waals surface area contributed by atoms with Crippen molar-refractivity contribution in [1.29, 1.82) is 0 Å². The molecule has 0 atom stereocenters. The van der Waals surface area contributed by atoms with E-state index >= 15 is 0 Å². The Morgan fingerprint density at radius 1 is 0.950 bits per heavy atom. The van der Waals surface area contributed by atoms with E-state index in [0.29, 0.717) is 13.0 Å². The second kappa shape index (κ2) is 9.96. The summed E-state index contributed by atoms with van der Waals surface area (Å²) in [5.74, 6) is -3.56. The summed E-state index contributed by atoms with van der Waals surface area (Å²) in [6.45, 7) is 4.19. The van der Waals surface area contributed by atoms with Crippen LogP contribution in [0, 0.1) is 0 Å². The van der Waals surface area contributed by atoms with E-state index in [9.17, 15) is 14.4 Å². The number of carboxylic acid groups (broad SMARTS) is 2. The van der Waals surface area contributed by atoms with Gasteiger partial charge in [-0.05, 0) is 13.3 Å². The normalized spacial score (nSPS) is 11.7. The molecule has 0 bridgehead atoms. The van der Waals surface area contributed by atoms with Crippen LogP contribution < -0.4 is 0 Å². The first kappa shape index (κ1) is 18.1. The fourth-order valence-electron chi connectivity index (χ4n) is 1.43. The second-order valence-corrected chi connectivity index (χ2v) is 3.91. The summed E-state index contributed by atoms with van der Waals surface area (Å²) in [6.07, 6.45) is -0.0387. The lowest BCUT2D eigenvalue weighted by Crippen LogP contribution is -2.17. The largest absolute Gasteiger partial charge is 0.478 e. The lowest BCUT2D eigenvalue weighted by molar-refractivity contribution is -0.145. The lowest BCUT2D eigenvalue weighted by Gasteiger charge is -2.09. The second-order valence-electron chi connectivity index (χ2n) is 3.91. The molecule has 0 aromatic carbocycles. The monoisotopic (exact) mass is 288 g/mol. The van der Waals surface area contributed by atoms with Gasteiger partial charge in [-0.15, -0.1) is 0 Å². The van der Waals surface area contributed by atoms with Gasteiger partial charge in [0, 0.05) is 13.0 Å². The van der Waals surface area contributed by atoms with E-state index < -0.39 is 29.9 Å². The number of rotatable bonds is 10. The first-order valence-corrected chi connectivity index (χ1v) is 6.35. The summed E-state index contributed by atoms with van der Waals surface area (Å²) >= 11 is 0. The number of aliphatic carboxylic acids is 2. The first-order valence-electron chi connectivity index (χ1n) is 6.35. The van der Waals surface area contributed by atoms with Crippen molar-refractivity contribution in [3.8, 4) is 0 Å². The number of carbonyl (C=O) groups is 3. The highest BCUT2D eigenvalue weighted by Crippen LogP contribution is 2.15. The zero-order chi connectivity index (χ0) is 15.5. The zero-order valence-corrected chi connectivity index (χ0v) is 11.7. The van der Waals surface area contributed by atoms with Crippen LogP contribution in [0.15, 0.2) is 11.1 Å². The minimum Gasteiger partial charge on any atom is -0.478 e. The van der Waals surface area contributed by atoms with Crippen molar-refractivity contribution >= 4 is 17.9 Å². The van der Waals surface area contributed by atoms with Gasteiger partial charge in [0.2, 0.25) is 0 Å². The maximum Gasteiger partial charge on any atom is 0.332 e. The van der Waals surface area contributed by atoms with Crippen LogP contribution in [0.1, 0.15) is 33.1 Å². The predicted octanol–water partition coefficient (Wildman–Crippen LogP) is 1.22. The van der Waals surface area contributed by atoms with Crippen molar-refractivity contribution < 1.29 is 34.1 Å². The molecule has 0 spiro atoms. The molecule has 0 saturated heterocycles. The molecule has 0 aliphatic carbocycles. The summed E-state index contributed by atoms with van der Waals surface area (Å²) in [6, 6.07) is 0. The molecule has 7 nitrogen and oxygen atoms in total. The molecule has 0 aromatic rings. The summed E-state index contributed by atoms with van der Waals surface area (Å²) in [7, 11) is 0. The molecule has 0 fully saturated rings. The Balaban J connectivity index is 5.02. The number of esters is 1. The standard InChI is InChI=1S/C13H20O7/c1-3-6-20-11(14)8-10(13(17)18)9(12(15)16)5-7-19-4-2/h3-8H2,1-2H3,(H,15,16)(H,17,18). The third-order valence-electron chi connectivity index (χ3n) is 2.37. The Hall–Kier alpha value is -1.89. The van der Waals surface area contributed by atoms with Crippen molar-refractivity contribution in [2.75, 3.05) is 19.8 Å². The molecule has 0 unspecified atom stereocenters. The average Bonchev–Trinajstić information content (AvgIpc) is 2.38. The molecule has 0 aliphatic rings. The maximum absolute atomic E-state index is 11.4. The van der Waals surface area contributed by atoms with Crippen LogP contribution in [-0.4, -0.2) is 47.9 Å². The van der Waals surface area contributed by atoms with E-state index in [-0.39, 0.29) is 25.2 Å². The highest BCUT2D eigenvalue weighted by atomic mass is 16.5. The Bertz CT molecular complexity index is 384. The van der Waals surface area contributed by atoms with E-state index in [1.807, 2.05) is 0 Å². The Labute approximate surface area is 117 Å². The molecule has 0 aromatic heterocycles. The summed E-state index contributed by atoms with van der Waals surface area (Å²) in [4.78, 5) is 33.7. The van der Waals surface area contributed by atoms with Gasteiger partial charge in [-0.25, -0.2) is 9.59 Å². The topological polar surface area (TPSA) is 110 Å². The third-order valence-corrected chi connectivity index (χ3v) is 2.37. The highest BCUT2D eigenvalue weighted by molar-refractivity contribution is 6.01. The summed E-state index contributed by atoms with van der Waals surface area (Å²) in [5.41, 5.74) is -0.794. The number of ether oxygens (including phenoxy) is 2. The van der Waals surface area contributed by atoms with Crippen LogP contribution >= 0.6 is 0 Å². The molecule has 20 heavy (non-hydrogen) atoms. The quantitative estimate of drug-likeness (QED) is 0.353. The van der Waals surface area contributed by atoms with Crippen LogP contribution in [0.2, 0.25) is 0 Å². The van der Waals surface area contributed by atoms with Gasteiger partial charge < -0.3 is 19.7 Å². The van der Waals surface area contributed by atoms with Crippen molar-refractivity contribution in [2.45, 2.75) is 33.1 Å². The fourth-order valence-corrected chi connectivity index (χ4v) is 1.43. The van der Waals surface area contributed by atoms with Crippen LogP contribution in [0.4, 0.5) is 0 Å². The van der Waals surface area contributed by atoms with E-state index in [1.54, 1.807) is 13.8 Å². The van der Waals surface area contributed by atoms with Crippen LogP contribution in [0.3, 0.4) is 0 Å². The predicted molar refractivity (Wildman–Crippen MR) is 69.3 cm³/mol. The van der Waals surface area contributed by atoms with Crippen molar-refractivity contribution in [1.82, 2.24) is 0 Å². The fraction of sp³-hybridized carbons (Fsp3) is 0.615. The molecule has 0 radical (unpaired) electrons. The highest BCUT2D eigenvalue weighted by Gasteiger charge is 2.23. The van der Waals surface area contributed by atoms with Gasteiger partial charge in [-0.3, -0.25) is 4.79 Å². The average molecular weight is 288 g/mol. The van der Waals surface area contributed by atoms with Gasteiger partial charge in [0.1, 0.15) is 0 Å². The molecule has 0 rings (SSSR count). The minimum atomic E-state index is -1.44. The molecule has 0 heterocycles. The third kappa shape index (κ3) is 6.89. The maximum atomic E-state index is 11.4. The Kier molecular flexibility index (Phi) is 9.02. The molecule has 7 heteroatoms.